The van der Waals surface area contributed by atoms with E-state index in [0.29, 0.717) is 11.7 Å². The van der Waals surface area contributed by atoms with E-state index < -0.39 is 0 Å². The third-order valence-corrected chi connectivity index (χ3v) is 2.58. The van der Waals surface area contributed by atoms with Gasteiger partial charge in [0.05, 0.1) is 0 Å². The smallest absolute Gasteiger partial charge is 0.292 e. The minimum atomic E-state index is 0.175. The van der Waals surface area contributed by atoms with Crippen LogP contribution in [0.25, 0.3) is 22.4 Å². The number of hydrogen-bond acceptors (Lipinski definition) is 5. The number of aryl methyl sites for hydroxylation is 2. The van der Waals surface area contributed by atoms with Crippen molar-refractivity contribution in [3.8, 4) is 11.3 Å². The van der Waals surface area contributed by atoms with Gasteiger partial charge >= 0.3 is 0 Å². The predicted octanol–water partition coefficient (Wildman–Crippen LogP) is 2.68. The number of benzene rings is 1. The Morgan fingerprint density at radius 3 is 2.65 bits per heavy atom. The zero-order valence-electron chi connectivity index (χ0n) is 9.52. The number of aromatic nitrogens is 2. The van der Waals surface area contributed by atoms with Crippen molar-refractivity contribution in [1.82, 2.24) is 9.97 Å². The largest absolute Gasteiger partial charge is 0.441 e. The Hall–Kier alpha value is -2.30. The maximum absolute atomic E-state index is 5.52. The van der Waals surface area contributed by atoms with Crippen LogP contribution < -0.4 is 5.73 Å². The van der Waals surface area contributed by atoms with E-state index in [2.05, 4.69) is 9.97 Å². The lowest BCUT2D eigenvalue weighted by atomic mass is 10.1. The molecule has 0 amide bonds. The maximum Gasteiger partial charge on any atom is 0.292 e. The minimum Gasteiger partial charge on any atom is -0.441 e. The molecule has 0 spiro atoms. The minimum absolute atomic E-state index is 0.175. The highest BCUT2D eigenvalue weighted by molar-refractivity contribution is 5.80. The fraction of sp³-hybridized carbons (Fsp3) is 0.167. The van der Waals surface area contributed by atoms with Crippen molar-refractivity contribution in [2.24, 2.45) is 0 Å². The molecule has 0 saturated heterocycles. The summed E-state index contributed by atoms with van der Waals surface area (Å²) < 4.78 is 10.6. The molecule has 0 saturated carbocycles. The van der Waals surface area contributed by atoms with E-state index in [9.17, 15) is 0 Å². The zero-order chi connectivity index (χ0) is 12.0. The fourth-order valence-corrected chi connectivity index (χ4v) is 1.87. The number of nitrogen functional groups attached to an aromatic ring is 1. The normalized spacial score (nSPS) is 11.2. The Balaban J connectivity index is 2.20. The van der Waals surface area contributed by atoms with Crippen LogP contribution in [0.15, 0.2) is 27.0 Å². The first-order valence-corrected chi connectivity index (χ1v) is 5.24. The van der Waals surface area contributed by atoms with E-state index in [1.165, 1.54) is 0 Å². The summed E-state index contributed by atoms with van der Waals surface area (Å²) in [6.07, 6.45) is 0. The monoisotopic (exact) mass is 229 g/mol. The van der Waals surface area contributed by atoms with Gasteiger partial charge in [-0.3, -0.25) is 0 Å². The van der Waals surface area contributed by atoms with Crippen LogP contribution in [-0.4, -0.2) is 9.97 Å². The van der Waals surface area contributed by atoms with Crippen molar-refractivity contribution in [3.63, 3.8) is 0 Å². The van der Waals surface area contributed by atoms with Gasteiger partial charge in [-0.05, 0) is 25.1 Å². The molecule has 5 nitrogen and oxygen atoms in total. The Kier molecular flexibility index (Phi) is 1.95. The first kappa shape index (κ1) is 9.89. The molecule has 0 bridgehead atoms. The number of fused-ring (bicyclic) bond motifs is 1. The lowest BCUT2D eigenvalue weighted by Crippen LogP contribution is -1.84. The SMILES string of the molecule is Cc1nc2cc(-c3nc(N)oc3C)ccc2o1. The van der Waals surface area contributed by atoms with Crippen LogP contribution in [0.4, 0.5) is 6.01 Å². The van der Waals surface area contributed by atoms with E-state index >= 15 is 0 Å². The number of nitrogens with zero attached hydrogens (tertiary/aromatic N) is 2. The molecule has 86 valence electrons. The van der Waals surface area contributed by atoms with Gasteiger partial charge in [-0.25, -0.2) is 4.98 Å². The highest BCUT2D eigenvalue weighted by Crippen LogP contribution is 2.27. The van der Waals surface area contributed by atoms with E-state index in [4.69, 9.17) is 14.6 Å². The summed E-state index contributed by atoms with van der Waals surface area (Å²) in [6.45, 7) is 3.65. The van der Waals surface area contributed by atoms with Crippen LogP contribution in [-0.2, 0) is 0 Å². The molecular weight excluding hydrogens is 218 g/mol. The molecule has 0 aliphatic rings. The Morgan fingerprint density at radius 2 is 1.94 bits per heavy atom. The Labute approximate surface area is 97.3 Å². The average molecular weight is 229 g/mol. The van der Waals surface area contributed by atoms with Crippen LogP contribution in [0.1, 0.15) is 11.7 Å². The lowest BCUT2D eigenvalue weighted by Gasteiger charge is -1.96. The van der Waals surface area contributed by atoms with Crippen molar-refractivity contribution in [2.75, 3.05) is 5.73 Å². The molecule has 0 unspecified atom stereocenters. The van der Waals surface area contributed by atoms with Crippen molar-refractivity contribution < 1.29 is 8.83 Å². The summed E-state index contributed by atoms with van der Waals surface area (Å²) >= 11 is 0. The molecule has 1 aromatic carbocycles. The van der Waals surface area contributed by atoms with Gasteiger partial charge in [0.15, 0.2) is 11.5 Å². The van der Waals surface area contributed by atoms with Crippen LogP contribution in [0.2, 0.25) is 0 Å². The fourth-order valence-electron chi connectivity index (χ4n) is 1.87. The molecule has 3 rings (SSSR count). The van der Waals surface area contributed by atoms with Gasteiger partial charge in [-0.2, -0.15) is 4.98 Å². The summed E-state index contributed by atoms with van der Waals surface area (Å²) in [4.78, 5) is 8.43. The van der Waals surface area contributed by atoms with Crippen LogP contribution in [0.5, 0.6) is 0 Å². The van der Waals surface area contributed by atoms with E-state index in [1.807, 2.05) is 32.0 Å². The maximum atomic E-state index is 5.52. The summed E-state index contributed by atoms with van der Waals surface area (Å²) in [6, 6.07) is 5.87. The molecule has 0 radical (unpaired) electrons. The molecule has 2 heterocycles. The summed E-state index contributed by atoms with van der Waals surface area (Å²) in [7, 11) is 0. The van der Waals surface area contributed by atoms with E-state index in [1.54, 1.807) is 0 Å². The average Bonchev–Trinajstić information content (AvgIpc) is 2.78. The van der Waals surface area contributed by atoms with Gasteiger partial charge in [0.25, 0.3) is 6.01 Å². The number of oxazole rings is 2. The van der Waals surface area contributed by atoms with Gasteiger partial charge in [0, 0.05) is 12.5 Å². The molecule has 5 heteroatoms. The molecule has 2 aromatic heterocycles. The molecular formula is C12H11N3O2. The number of rotatable bonds is 1. The van der Waals surface area contributed by atoms with Crippen LogP contribution in [0, 0.1) is 13.8 Å². The number of nitrogens with two attached hydrogens (primary N) is 1. The third kappa shape index (κ3) is 1.56. The molecule has 0 aliphatic heterocycles. The standard InChI is InChI=1S/C12H11N3O2/c1-6-11(15-12(13)16-6)8-3-4-10-9(5-8)14-7(2)17-10/h3-5H,1-2H3,(H2,13,15). The van der Waals surface area contributed by atoms with Gasteiger partial charge in [0.2, 0.25) is 0 Å². The summed E-state index contributed by atoms with van der Waals surface area (Å²) in [5.74, 6) is 1.34. The molecule has 0 aliphatic carbocycles. The van der Waals surface area contributed by atoms with Gasteiger partial charge in [0.1, 0.15) is 17.0 Å². The first-order valence-electron chi connectivity index (χ1n) is 5.24. The lowest BCUT2D eigenvalue weighted by molar-refractivity contribution is 0.548. The molecule has 0 fully saturated rings. The van der Waals surface area contributed by atoms with Crippen molar-refractivity contribution in [2.45, 2.75) is 13.8 Å². The highest BCUT2D eigenvalue weighted by Gasteiger charge is 2.11. The molecule has 2 N–H and O–H groups in total. The second-order valence-electron chi connectivity index (χ2n) is 3.87. The van der Waals surface area contributed by atoms with Gasteiger partial charge in [-0.1, -0.05) is 0 Å². The first-order chi connectivity index (χ1) is 8.13. The Morgan fingerprint density at radius 1 is 1.12 bits per heavy atom. The summed E-state index contributed by atoms with van der Waals surface area (Å²) in [5, 5.41) is 0. The zero-order valence-corrected chi connectivity index (χ0v) is 9.52. The van der Waals surface area contributed by atoms with E-state index in [-0.39, 0.29) is 6.01 Å². The van der Waals surface area contributed by atoms with Gasteiger partial charge < -0.3 is 14.6 Å². The summed E-state index contributed by atoms with van der Waals surface area (Å²) in [5.41, 5.74) is 8.75. The molecule has 0 atom stereocenters. The topological polar surface area (TPSA) is 78.1 Å². The molecule has 17 heavy (non-hydrogen) atoms. The molecule has 3 aromatic rings. The highest BCUT2D eigenvalue weighted by atomic mass is 16.4. The second kappa shape index (κ2) is 3.35. The Bertz CT molecular complexity index is 697. The van der Waals surface area contributed by atoms with Crippen molar-refractivity contribution in [3.05, 3.63) is 29.9 Å². The number of hydrogen-bond donors (Lipinski definition) is 1. The van der Waals surface area contributed by atoms with Crippen molar-refractivity contribution >= 4 is 17.1 Å². The second-order valence-corrected chi connectivity index (χ2v) is 3.87. The predicted molar refractivity (Wildman–Crippen MR) is 63.4 cm³/mol. The number of anilines is 1. The van der Waals surface area contributed by atoms with Crippen LogP contribution in [0.3, 0.4) is 0 Å². The van der Waals surface area contributed by atoms with Crippen molar-refractivity contribution in [1.29, 1.82) is 0 Å². The van der Waals surface area contributed by atoms with Gasteiger partial charge in [-0.15, -0.1) is 0 Å². The van der Waals surface area contributed by atoms with Crippen LogP contribution >= 0.6 is 0 Å². The quantitative estimate of drug-likeness (QED) is 0.694. The van der Waals surface area contributed by atoms with E-state index in [0.717, 1.165) is 22.4 Å². The third-order valence-electron chi connectivity index (χ3n) is 2.58.